The number of halogens is 2. The van der Waals surface area contributed by atoms with Gasteiger partial charge in [0.25, 0.3) is 11.8 Å². The normalized spacial score (nSPS) is 15.7. The molecule has 1 aromatic carbocycles. The van der Waals surface area contributed by atoms with Crippen LogP contribution in [0.3, 0.4) is 0 Å². The van der Waals surface area contributed by atoms with Crippen molar-refractivity contribution in [2.45, 2.75) is 0 Å². The number of rotatable bonds is 4. The molecule has 26 heavy (non-hydrogen) atoms. The molecule has 0 spiro atoms. The molecular formula is C16H18Cl2N6O2. The molecule has 0 atom stereocenters. The van der Waals surface area contributed by atoms with E-state index in [1.807, 2.05) is 12.1 Å². The number of H-pyrrole nitrogens is 1. The first-order valence-corrected chi connectivity index (χ1v) is 8.74. The number of hydrazine groups is 1. The fourth-order valence-corrected chi connectivity index (χ4v) is 3.14. The Bertz CT molecular complexity index is 797. The standard InChI is InChI=1S/C16H18Cl2N6O2/c1-23-5-7-24(8-6-23)22-16(26)14-12(9-19-21-14)20-15(25)13-10(17)3-2-4-11(13)18/h2-4,9H,5-8H2,1H3,(H,19,21)(H,20,25)(H,22,26). The summed E-state index contributed by atoms with van der Waals surface area (Å²) in [5.41, 5.74) is 3.35. The number of hydrogen-bond donors (Lipinski definition) is 3. The molecule has 0 saturated carbocycles. The minimum Gasteiger partial charge on any atom is -0.319 e. The number of hydrogen-bond acceptors (Lipinski definition) is 5. The van der Waals surface area contributed by atoms with E-state index in [-0.39, 0.29) is 32.9 Å². The van der Waals surface area contributed by atoms with Crippen molar-refractivity contribution in [1.82, 2.24) is 25.5 Å². The van der Waals surface area contributed by atoms with Crippen molar-refractivity contribution >= 4 is 40.7 Å². The van der Waals surface area contributed by atoms with E-state index in [1.54, 1.807) is 18.2 Å². The molecule has 10 heteroatoms. The zero-order valence-electron chi connectivity index (χ0n) is 14.1. The van der Waals surface area contributed by atoms with Crippen molar-refractivity contribution in [3.8, 4) is 0 Å². The highest BCUT2D eigenvalue weighted by molar-refractivity contribution is 6.40. The lowest BCUT2D eigenvalue weighted by Crippen LogP contribution is -2.52. The van der Waals surface area contributed by atoms with Gasteiger partial charge in [-0.05, 0) is 19.2 Å². The fraction of sp³-hybridized carbons (Fsp3) is 0.312. The third-order valence-corrected chi connectivity index (χ3v) is 4.70. The second kappa shape index (κ2) is 8.05. The summed E-state index contributed by atoms with van der Waals surface area (Å²) in [5, 5.41) is 11.4. The van der Waals surface area contributed by atoms with Crippen molar-refractivity contribution in [2.75, 3.05) is 38.5 Å². The number of amides is 2. The summed E-state index contributed by atoms with van der Waals surface area (Å²) in [6.45, 7) is 3.15. The molecular weight excluding hydrogens is 379 g/mol. The van der Waals surface area contributed by atoms with E-state index in [4.69, 9.17) is 23.2 Å². The fourth-order valence-electron chi connectivity index (χ4n) is 2.57. The average Bonchev–Trinajstić information content (AvgIpc) is 3.05. The molecule has 2 amide bonds. The Labute approximate surface area is 160 Å². The molecule has 1 aromatic heterocycles. The largest absolute Gasteiger partial charge is 0.319 e. The number of aromatic nitrogens is 2. The van der Waals surface area contributed by atoms with E-state index in [0.29, 0.717) is 13.1 Å². The molecule has 8 nitrogen and oxygen atoms in total. The van der Waals surface area contributed by atoms with Crippen molar-refractivity contribution in [2.24, 2.45) is 0 Å². The Kier molecular flexibility index (Phi) is 5.77. The van der Waals surface area contributed by atoms with E-state index in [0.717, 1.165) is 13.1 Å². The summed E-state index contributed by atoms with van der Waals surface area (Å²) < 4.78 is 0. The monoisotopic (exact) mass is 396 g/mol. The quantitative estimate of drug-likeness (QED) is 0.733. The molecule has 138 valence electrons. The SMILES string of the molecule is CN1CCN(NC(=O)c2[nH]ncc2NC(=O)c2c(Cl)cccc2Cl)CC1. The maximum atomic E-state index is 12.5. The predicted octanol–water partition coefficient (Wildman–Crippen LogP) is 1.86. The Balaban J connectivity index is 1.70. The number of anilines is 1. The van der Waals surface area contributed by atoms with Crippen LogP contribution in [0.2, 0.25) is 10.0 Å². The molecule has 0 unspecified atom stereocenters. The molecule has 0 bridgehead atoms. The lowest BCUT2D eigenvalue weighted by atomic mass is 10.2. The van der Waals surface area contributed by atoms with Gasteiger partial charge in [0.15, 0.2) is 0 Å². The Morgan fingerprint density at radius 1 is 1.12 bits per heavy atom. The third-order valence-electron chi connectivity index (χ3n) is 4.07. The topological polar surface area (TPSA) is 93.4 Å². The zero-order valence-corrected chi connectivity index (χ0v) is 15.6. The summed E-state index contributed by atoms with van der Waals surface area (Å²) >= 11 is 12.1. The molecule has 1 saturated heterocycles. The van der Waals surface area contributed by atoms with Crippen molar-refractivity contribution in [3.63, 3.8) is 0 Å². The first kappa shape index (κ1) is 18.7. The van der Waals surface area contributed by atoms with Crippen LogP contribution in [-0.2, 0) is 0 Å². The first-order valence-electron chi connectivity index (χ1n) is 7.99. The number of aromatic amines is 1. The number of nitrogens with zero attached hydrogens (tertiary/aromatic N) is 3. The highest BCUT2D eigenvalue weighted by Gasteiger charge is 2.22. The summed E-state index contributed by atoms with van der Waals surface area (Å²) in [7, 11) is 2.03. The molecule has 1 aliphatic rings. The van der Waals surface area contributed by atoms with Crippen LogP contribution >= 0.6 is 23.2 Å². The van der Waals surface area contributed by atoms with Gasteiger partial charge in [0.2, 0.25) is 0 Å². The maximum Gasteiger partial charge on any atom is 0.285 e. The smallest absolute Gasteiger partial charge is 0.285 e. The molecule has 3 rings (SSSR count). The van der Waals surface area contributed by atoms with Crippen LogP contribution in [0.4, 0.5) is 5.69 Å². The number of carbonyl (C=O) groups is 2. The Morgan fingerprint density at radius 2 is 1.77 bits per heavy atom. The van der Waals surface area contributed by atoms with Crippen LogP contribution in [0, 0.1) is 0 Å². The second-order valence-corrected chi connectivity index (χ2v) is 6.76. The van der Waals surface area contributed by atoms with Crippen molar-refractivity contribution in [3.05, 3.63) is 45.7 Å². The predicted molar refractivity (Wildman–Crippen MR) is 99.5 cm³/mol. The maximum absolute atomic E-state index is 12.5. The molecule has 0 aliphatic carbocycles. The first-order chi connectivity index (χ1) is 12.5. The number of nitrogens with one attached hydrogen (secondary N) is 3. The van der Waals surface area contributed by atoms with Crippen LogP contribution in [-0.4, -0.2) is 65.1 Å². The van der Waals surface area contributed by atoms with Gasteiger partial charge < -0.3 is 10.2 Å². The molecule has 1 aliphatic heterocycles. The van der Waals surface area contributed by atoms with Gasteiger partial charge in [0.05, 0.1) is 27.5 Å². The van der Waals surface area contributed by atoms with Gasteiger partial charge in [0.1, 0.15) is 5.69 Å². The van der Waals surface area contributed by atoms with Gasteiger partial charge in [-0.25, -0.2) is 5.01 Å². The van der Waals surface area contributed by atoms with E-state index >= 15 is 0 Å². The van der Waals surface area contributed by atoms with Crippen molar-refractivity contribution in [1.29, 1.82) is 0 Å². The lowest BCUT2D eigenvalue weighted by molar-refractivity contribution is 0.0658. The van der Waals surface area contributed by atoms with E-state index in [1.165, 1.54) is 6.20 Å². The van der Waals surface area contributed by atoms with Crippen LogP contribution in [0.15, 0.2) is 24.4 Å². The molecule has 3 N–H and O–H groups in total. The van der Waals surface area contributed by atoms with Gasteiger partial charge in [-0.2, -0.15) is 5.10 Å². The number of likely N-dealkylation sites (N-methyl/N-ethyl adjacent to an activating group) is 1. The average molecular weight is 397 g/mol. The van der Waals surface area contributed by atoms with Crippen molar-refractivity contribution < 1.29 is 9.59 Å². The molecule has 2 heterocycles. The Morgan fingerprint density at radius 3 is 2.42 bits per heavy atom. The number of piperazine rings is 1. The van der Waals surface area contributed by atoms with Gasteiger partial charge in [-0.3, -0.25) is 20.1 Å². The summed E-state index contributed by atoms with van der Waals surface area (Å²) in [6, 6.07) is 4.78. The summed E-state index contributed by atoms with van der Waals surface area (Å²) in [5.74, 6) is -0.900. The van der Waals surface area contributed by atoms with Crippen LogP contribution in [0.1, 0.15) is 20.8 Å². The van der Waals surface area contributed by atoms with Crippen LogP contribution in [0.25, 0.3) is 0 Å². The lowest BCUT2D eigenvalue weighted by Gasteiger charge is -2.32. The molecule has 1 fully saturated rings. The van der Waals surface area contributed by atoms with E-state index < -0.39 is 5.91 Å². The van der Waals surface area contributed by atoms with E-state index in [2.05, 4.69) is 25.8 Å². The number of benzene rings is 1. The van der Waals surface area contributed by atoms with E-state index in [9.17, 15) is 9.59 Å². The van der Waals surface area contributed by atoms with Gasteiger partial charge >= 0.3 is 0 Å². The van der Waals surface area contributed by atoms with Gasteiger partial charge in [-0.1, -0.05) is 29.3 Å². The summed E-state index contributed by atoms with van der Waals surface area (Å²) in [6.07, 6.45) is 1.36. The third kappa shape index (κ3) is 4.16. The minimum atomic E-state index is -0.518. The van der Waals surface area contributed by atoms with Crippen LogP contribution in [0.5, 0.6) is 0 Å². The van der Waals surface area contributed by atoms with Gasteiger partial charge in [0, 0.05) is 26.2 Å². The van der Waals surface area contributed by atoms with Gasteiger partial charge in [-0.15, -0.1) is 0 Å². The van der Waals surface area contributed by atoms with Crippen LogP contribution < -0.4 is 10.7 Å². The molecule has 0 radical (unpaired) electrons. The summed E-state index contributed by atoms with van der Waals surface area (Å²) in [4.78, 5) is 27.2. The minimum absolute atomic E-state index is 0.141. The second-order valence-electron chi connectivity index (χ2n) is 5.94. The zero-order chi connectivity index (χ0) is 18.7. The number of carbonyl (C=O) groups excluding carboxylic acids is 2. The molecule has 2 aromatic rings. The highest BCUT2D eigenvalue weighted by atomic mass is 35.5. The Hall–Kier alpha value is -2.13. The highest BCUT2D eigenvalue weighted by Crippen LogP contribution is 2.25.